The number of carboxylic acid groups (broad SMARTS) is 1. The number of amides is 1. The molecule has 3 aromatic rings. The molecule has 11 heteroatoms. The zero-order chi connectivity index (χ0) is 22.8. The number of aliphatic carboxylic acids is 1. The number of hydrogen-bond acceptors (Lipinski definition) is 8. The summed E-state index contributed by atoms with van der Waals surface area (Å²) in [6.45, 7) is 2.23. The minimum atomic E-state index is -1.27. The second kappa shape index (κ2) is 8.53. The number of nitrogens with zero attached hydrogens (tertiary/aromatic N) is 5. The summed E-state index contributed by atoms with van der Waals surface area (Å²) in [6, 6.07) is 10.1. The van der Waals surface area contributed by atoms with Crippen LogP contribution in [0.4, 0.5) is 11.6 Å². The number of aryl methyl sites for hydroxylation is 1. The molecule has 3 N–H and O–H groups in total. The number of pyridine rings is 1. The Hall–Kier alpha value is -4.15. The number of benzene rings is 1. The highest BCUT2D eigenvalue weighted by atomic mass is 16.4. The van der Waals surface area contributed by atoms with Gasteiger partial charge in [0.05, 0.1) is 5.39 Å². The number of aromatic nitrogens is 3. The molecule has 1 aliphatic heterocycles. The SMILES string of the molecule is Cn1c(=O)c(C(=O)NCC(=O)O)c(O)c2cnc(N3CCN(c4ccccc4)CC3)nc21. The molecular formula is C21H22N6O5. The lowest BCUT2D eigenvalue weighted by Gasteiger charge is -2.36. The van der Waals surface area contributed by atoms with Gasteiger partial charge in [0.25, 0.3) is 11.5 Å². The summed E-state index contributed by atoms with van der Waals surface area (Å²) in [7, 11) is 1.43. The van der Waals surface area contributed by atoms with Crippen molar-refractivity contribution >= 4 is 34.5 Å². The van der Waals surface area contributed by atoms with Gasteiger partial charge in [0.15, 0.2) is 5.65 Å². The molecule has 4 rings (SSSR count). The van der Waals surface area contributed by atoms with E-state index in [2.05, 4.69) is 32.3 Å². The van der Waals surface area contributed by atoms with Crippen LogP contribution in [0.1, 0.15) is 10.4 Å². The van der Waals surface area contributed by atoms with Gasteiger partial charge in [-0.15, -0.1) is 0 Å². The molecule has 1 fully saturated rings. The molecule has 0 aliphatic carbocycles. The van der Waals surface area contributed by atoms with Gasteiger partial charge >= 0.3 is 5.97 Å². The van der Waals surface area contributed by atoms with Crippen molar-refractivity contribution < 1.29 is 19.8 Å². The number of para-hydroxylation sites is 1. The third-order valence-corrected chi connectivity index (χ3v) is 5.40. The van der Waals surface area contributed by atoms with Gasteiger partial charge in [-0.3, -0.25) is 19.0 Å². The average molecular weight is 438 g/mol. The monoisotopic (exact) mass is 438 g/mol. The largest absolute Gasteiger partial charge is 0.506 e. The number of carbonyl (C=O) groups is 2. The first-order valence-corrected chi connectivity index (χ1v) is 10.0. The summed E-state index contributed by atoms with van der Waals surface area (Å²) in [5.74, 6) is -2.40. The van der Waals surface area contributed by atoms with Crippen LogP contribution in [0.5, 0.6) is 5.75 Å². The standard InChI is InChI=1S/C21H22N6O5/c1-25-18-14(17(30)16(20(25)32)19(31)22-12-15(28)29)11-23-21(24-18)27-9-7-26(8-10-27)13-5-3-2-4-6-13/h2-6,11,30H,7-10,12H2,1H3,(H,22,31)(H,28,29). The van der Waals surface area contributed by atoms with E-state index in [-0.39, 0.29) is 11.0 Å². The molecule has 3 heterocycles. The Balaban J connectivity index is 1.60. The minimum absolute atomic E-state index is 0.124. The first-order chi connectivity index (χ1) is 15.4. The Labute approximate surface area is 182 Å². The van der Waals surface area contributed by atoms with Gasteiger partial charge in [-0.05, 0) is 12.1 Å². The number of carbonyl (C=O) groups excluding carboxylic acids is 1. The molecule has 0 spiro atoms. The van der Waals surface area contributed by atoms with Crippen molar-refractivity contribution in [1.82, 2.24) is 19.9 Å². The van der Waals surface area contributed by atoms with Crippen molar-refractivity contribution in [2.45, 2.75) is 0 Å². The first-order valence-electron chi connectivity index (χ1n) is 10.0. The van der Waals surface area contributed by atoms with Gasteiger partial charge in [-0.2, -0.15) is 4.98 Å². The van der Waals surface area contributed by atoms with E-state index < -0.39 is 35.3 Å². The molecule has 0 saturated carbocycles. The molecule has 0 radical (unpaired) electrons. The lowest BCUT2D eigenvalue weighted by atomic mass is 10.1. The van der Waals surface area contributed by atoms with Crippen molar-refractivity contribution in [3.63, 3.8) is 0 Å². The van der Waals surface area contributed by atoms with Crippen molar-refractivity contribution in [2.24, 2.45) is 7.05 Å². The van der Waals surface area contributed by atoms with E-state index in [0.29, 0.717) is 19.0 Å². The Morgan fingerprint density at radius 3 is 2.41 bits per heavy atom. The Kier molecular flexibility index (Phi) is 5.63. The summed E-state index contributed by atoms with van der Waals surface area (Å²) in [5.41, 5.74) is -0.00381. The predicted octanol–water partition coefficient (Wildman–Crippen LogP) is 0.175. The maximum Gasteiger partial charge on any atom is 0.322 e. The second-order valence-electron chi connectivity index (χ2n) is 7.38. The van der Waals surface area contributed by atoms with Crippen molar-refractivity contribution in [3.05, 3.63) is 52.4 Å². The van der Waals surface area contributed by atoms with Crippen molar-refractivity contribution in [3.8, 4) is 5.75 Å². The summed E-state index contributed by atoms with van der Waals surface area (Å²) in [4.78, 5) is 48.7. The number of aromatic hydroxyl groups is 1. The van der Waals surface area contributed by atoms with Crippen LogP contribution in [0.15, 0.2) is 41.3 Å². The zero-order valence-electron chi connectivity index (χ0n) is 17.4. The quantitative estimate of drug-likeness (QED) is 0.508. The van der Waals surface area contributed by atoms with E-state index in [4.69, 9.17) is 5.11 Å². The van der Waals surface area contributed by atoms with Crippen LogP contribution in [0, 0.1) is 0 Å². The molecule has 1 aromatic carbocycles. The number of rotatable bonds is 5. The maximum absolute atomic E-state index is 12.7. The Morgan fingerprint density at radius 1 is 1.09 bits per heavy atom. The molecule has 0 unspecified atom stereocenters. The predicted molar refractivity (Wildman–Crippen MR) is 117 cm³/mol. The third kappa shape index (κ3) is 3.92. The van der Waals surface area contributed by atoms with Gasteiger partial charge < -0.3 is 25.3 Å². The fraction of sp³-hybridized carbons (Fsp3) is 0.286. The van der Waals surface area contributed by atoms with E-state index in [1.54, 1.807) is 0 Å². The highest BCUT2D eigenvalue weighted by Gasteiger charge is 2.24. The summed E-state index contributed by atoms with van der Waals surface area (Å²) < 4.78 is 1.15. The zero-order valence-corrected chi connectivity index (χ0v) is 17.4. The number of fused-ring (bicyclic) bond motifs is 1. The number of hydrogen-bond donors (Lipinski definition) is 3. The molecule has 1 aliphatic rings. The summed E-state index contributed by atoms with van der Waals surface area (Å²) in [6.07, 6.45) is 1.37. The van der Waals surface area contributed by atoms with Gasteiger partial charge in [0.1, 0.15) is 17.9 Å². The topological polar surface area (TPSA) is 141 Å². The van der Waals surface area contributed by atoms with Crippen LogP contribution in [0.3, 0.4) is 0 Å². The van der Waals surface area contributed by atoms with Crippen molar-refractivity contribution in [1.29, 1.82) is 0 Å². The summed E-state index contributed by atoms with van der Waals surface area (Å²) >= 11 is 0. The van der Waals surface area contributed by atoms with Gasteiger partial charge in [0.2, 0.25) is 5.95 Å². The van der Waals surface area contributed by atoms with Gasteiger partial charge in [-0.1, -0.05) is 18.2 Å². The molecule has 1 amide bonds. The van der Waals surface area contributed by atoms with Gasteiger partial charge in [0, 0.05) is 45.1 Å². The number of anilines is 2. The molecule has 2 aromatic heterocycles. The van der Waals surface area contributed by atoms with Crippen molar-refractivity contribution in [2.75, 3.05) is 42.5 Å². The molecule has 0 bridgehead atoms. The van der Waals surface area contributed by atoms with E-state index in [0.717, 1.165) is 23.3 Å². The molecular weight excluding hydrogens is 416 g/mol. The Morgan fingerprint density at radius 2 is 1.75 bits per heavy atom. The third-order valence-electron chi connectivity index (χ3n) is 5.40. The van der Waals surface area contributed by atoms with Crippen LogP contribution in [0.2, 0.25) is 0 Å². The Bertz CT molecular complexity index is 1230. The van der Waals surface area contributed by atoms with Gasteiger partial charge in [-0.25, -0.2) is 4.98 Å². The molecule has 1 saturated heterocycles. The molecule has 11 nitrogen and oxygen atoms in total. The van der Waals surface area contributed by atoms with Crippen LogP contribution in [-0.4, -0.2) is 69.3 Å². The fourth-order valence-electron chi connectivity index (χ4n) is 3.69. The average Bonchev–Trinajstić information content (AvgIpc) is 2.82. The van der Waals surface area contributed by atoms with E-state index >= 15 is 0 Å². The molecule has 32 heavy (non-hydrogen) atoms. The maximum atomic E-state index is 12.7. The normalized spacial score (nSPS) is 13.9. The minimum Gasteiger partial charge on any atom is -0.506 e. The van der Waals surface area contributed by atoms with E-state index in [1.165, 1.54) is 13.2 Å². The van der Waals surface area contributed by atoms with Crippen LogP contribution >= 0.6 is 0 Å². The summed E-state index contributed by atoms with van der Waals surface area (Å²) in [5, 5.41) is 21.5. The lowest BCUT2D eigenvalue weighted by molar-refractivity contribution is -0.135. The van der Waals surface area contributed by atoms with Crippen LogP contribution in [-0.2, 0) is 11.8 Å². The smallest absolute Gasteiger partial charge is 0.322 e. The molecule has 166 valence electrons. The lowest BCUT2D eigenvalue weighted by Crippen LogP contribution is -2.47. The van der Waals surface area contributed by atoms with Crippen LogP contribution < -0.4 is 20.7 Å². The number of carboxylic acids is 1. The molecule has 0 atom stereocenters. The second-order valence-corrected chi connectivity index (χ2v) is 7.38. The fourth-order valence-corrected chi connectivity index (χ4v) is 3.69. The number of piperazine rings is 1. The number of nitrogens with one attached hydrogen (secondary N) is 1. The van der Waals surface area contributed by atoms with Crippen LogP contribution in [0.25, 0.3) is 11.0 Å². The highest BCUT2D eigenvalue weighted by Crippen LogP contribution is 2.26. The van der Waals surface area contributed by atoms with E-state index in [9.17, 15) is 19.5 Å². The first kappa shape index (κ1) is 21.1. The van der Waals surface area contributed by atoms with E-state index in [1.807, 2.05) is 23.1 Å². The highest BCUT2D eigenvalue weighted by molar-refractivity contribution is 6.02.